The van der Waals surface area contributed by atoms with E-state index >= 15 is 0 Å². The van der Waals surface area contributed by atoms with E-state index in [2.05, 4.69) is 4.98 Å². The second kappa shape index (κ2) is 5.75. The summed E-state index contributed by atoms with van der Waals surface area (Å²) in [6, 6.07) is 9.40. The molecule has 1 aromatic heterocycles. The van der Waals surface area contributed by atoms with Crippen LogP contribution < -0.4 is 10.5 Å². The smallest absolute Gasteiger partial charge is 0.254 e. The van der Waals surface area contributed by atoms with Gasteiger partial charge in [0.2, 0.25) is 5.91 Å². The highest BCUT2D eigenvalue weighted by Crippen LogP contribution is 2.27. The van der Waals surface area contributed by atoms with Crippen molar-refractivity contribution in [3.05, 3.63) is 58.3 Å². The number of amides is 1. The monoisotopic (exact) mass is 297 g/mol. The molecule has 0 aliphatic carbocycles. The molecule has 1 aliphatic heterocycles. The Morgan fingerprint density at radius 3 is 2.82 bits per heavy atom. The molecule has 0 atom stereocenters. The van der Waals surface area contributed by atoms with E-state index in [1.165, 1.54) is 22.5 Å². The maximum Gasteiger partial charge on any atom is 0.254 e. The van der Waals surface area contributed by atoms with Crippen LogP contribution in [0.25, 0.3) is 0 Å². The third kappa shape index (κ3) is 2.66. The first kappa shape index (κ1) is 14.5. The predicted octanol–water partition coefficient (Wildman–Crippen LogP) is 1.96. The molecular formula is C17H19N3O2. The number of nitrogens with zero attached hydrogens (tertiary/aromatic N) is 3. The van der Waals surface area contributed by atoms with Gasteiger partial charge in [0.05, 0.1) is 12.0 Å². The van der Waals surface area contributed by atoms with Gasteiger partial charge in [0, 0.05) is 18.3 Å². The van der Waals surface area contributed by atoms with E-state index in [4.69, 9.17) is 0 Å². The molecule has 0 radical (unpaired) electrons. The summed E-state index contributed by atoms with van der Waals surface area (Å²) in [7, 11) is 0. The van der Waals surface area contributed by atoms with Crippen LogP contribution in [-0.4, -0.2) is 22.0 Å². The number of hydrogen-bond acceptors (Lipinski definition) is 3. The van der Waals surface area contributed by atoms with Crippen LogP contribution in [0.2, 0.25) is 0 Å². The standard InChI is InChI=1S/C17H19N3O2/c1-12(2)14-9-16(21)19(11-18-14)10-17(22)20-8-7-13-5-3-4-6-15(13)20/h3-6,9,11-12H,7-8,10H2,1-2H3. The Balaban J connectivity index is 1.80. The van der Waals surface area contributed by atoms with Crippen LogP contribution in [0.1, 0.15) is 31.0 Å². The van der Waals surface area contributed by atoms with Crippen LogP contribution in [0.15, 0.2) is 41.5 Å². The third-order valence-corrected chi connectivity index (χ3v) is 3.99. The Kier molecular flexibility index (Phi) is 3.79. The van der Waals surface area contributed by atoms with E-state index in [0.717, 1.165) is 17.8 Å². The number of aromatic nitrogens is 2. The number of carbonyl (C=O) groups excluding carboxylic acids is 1. The number of para-hydroxylation sites is 1. The Labute approximate surface area is 129 Å². The highest BCUT2D eigenvalue weighted by molar-refractivity contribution is 5.95. The molecule has 0 fully saturated rings. The van der Waals surface area contributed by atoms with Crippen molar-refractivity contribution in [2.24, 2.45) is 0 Å². The fourth-order valence-electron chi connectivity index (χ4n) is 2.70. The normalized spacial score (nSPS) is 13.5. The zero-order chi connectivity index (χ0) is 15.7. The fourth-order valence-corrected chi connectivity index (χ4v) is 2.70. The maximum atomic E-state index is 12.5. The summed E-state index contributed by atoms with van der Waals surface area (Å²) in [5.74, 6) is 0.120. The van der Waals surface area contributed by atoms with E-state index in [0.29, 0.717) is 6.54 Å². The first-order valence-corrected chi connectivity index (χ1v) is 7.51. The second-order valence-corrected chi connectivity index (χ2v) is 5.86. The van der Waals surface area contributed by atoms with Crippen LogP contribution in [0.3, 0.4) is 0 Å². The van der Waals surface area contributed by atoms with Gasteiger partial charge in [0.15, 0.2) is 0 Å². The molecule has 0 unspecified atom stereocenters. The summed E-state index contributed by atoms with van der Waals surface area (Å²) in [5, 5.41) is 0. The van der Waals surface area contributed by atoms with Gasteiger partial charge in [0.1, 0.15) is 6.54 Å². The van der Waals surface area contributed by atoms with Crippen molar-refractivity contribution in [3.63, 3.8) is 0 Å². The first-order chi connectivity index (χ1) is 10.6. The van der Waals surface area contributed by atoms with Crippen molar-refractivity contribution in [2.45, 2.75) is 32.7 Å². The van der Waals surface area contributed by atoms with Crippen molar-refractivity contribution < 1.29 is 4.79 Å². The lowest BCUT2D eigenvalue weighted by molar-refractivity contribution is -0.119. The molecule has 22 heavy (non-hydrogen) atoms. The van der Waals surface area contributed by atoms with E-state index < -0.39 is 0 Å². The van der Waals surface area contributed by atoms with Gasteiger partial charge >= 0.3 is 0 Å². The number of anilines is 1. The number of fused-ring (bicyclic) bond motifs is 1. The zero-order valence-electron chi connectivity index (χ0n) is 12.8. The topological polar surface area (TPSA) is 55.2 Å². The Hall–Kier alpha value is -2.43. The third-order valence-electron chi connectivity index (χ3n) is 3.99. The average molecular weight is 297 g/mol. The summed E-state index contributed by atoms with van der Waals surface area (Å²) in [6.45, 7) is 4.67. The lowest BCUT2D eigenvalue weighted by atomic mass is 10.1. The summed E-state index contributed by atoms with van der Waals surface area (Å²) < 4.78 is 1.37. The lowest BCUT2D eigenvalue weighted by Gasteiger charge is -2.18. The molecule has 0 saturated heterocycles. The Morgan fingerprint density at radius 2 is 2.09 bits per heavy atom. The molecule has 2 aromatic rings. The Bertz CT molecular complexity index is 764. The maximum absolute atomic E-state index is 12.5. The largest absolute Gasteiger partial charge is 0.310 e. The van der Waals surface area contributed by atoms with Crippen LogP contribution in [0.4, 0.5) is 5.69 Å². The van der Waals surface area contributed by atoms with Gasteiger partial charge in [-0.05, 0) is 24.0 Å². The molecule has 5 heteroatoms. The molecule has 0 spiro atoms. The minimum atomic E-state index is -0.181. The molecule has 3 rings (SSSR count). The molecule has 1 amide bonds. The van der Waals surface area contributed by atoms with Gasteiger partial charge in [0.25, 0.3) is 5.56 Å². The number of carbonyl (C=O) groups is 1. The van der Waals surface area contributed by atoms with Crippen molar-refractivity contribution in [1.29, 1.82) is 0 Å². The number of rotatable bonds is 3. The number of hydrogen-bond donors (Lipinski definition) is 0. The lowest BCUT2D eigenvalue weighted by Crippen LogP contribution is -2.35. The molecule has 2 heterocycles. The minimum absolute atomic E-state index is 0.0263. The summed E-state index contributed by atoms with van der Waals surface area (Å²) in [6.07, 6.45) is 2.33. The van der Waals surface area contributed by atoms with E-state index in [-0.39, 0.29) is 23.9 Å². The van der Waals surface area contributed by atoms with E-state index in [1.54, 1.807) is 4.90 Å². The molecule has 0 bridgehead atoms. The van der Waals surface area contributed by atoms with Gasteiger partial charge < -0.3 is 4.90 Å². The molecule has 0 N–H and O–H groups in total. The highest BCUT2D eigenvalue weighted by Gasteiger charge is 2.24. The van der Waals surface area contributed by atoms with Crippen LogP contribution in [0, 0.1) is 0 Å². The summed E-state index contributed by atoms with van der Waals surface area (Å²) >= 11 is 0. The quantitative estimate of drug-likeness (QED) is 0.870. The molecule has 0 saturated carbocycles. The average Bonchev–Trinajstić information content (AvgIpc) is 2.93. The van der Waals surface area contributed by atoms with Gasteiger partial charge in [-0.15, -0.1) is 0 Å². The minimum Gasteiger partial charge on any atom is -0.310 e. The molecule has 5 nitrogen and oxygen atoms in total. The second-order valence-electron chi connectivity index (χ2n) is 5.86. The molecule has 1 aromatic carbocycles. The van der Waals surface area contributed by atoms with Gasteiger partial charge in [-0.25, -0.2) is 4.98 Å². The SMILES string of the molecule is CC(C)c1cc(=O)n(CC(=O)N2CCc3ccccc32)cn1. The van der Waals surface area contributed by atoms with Crippen molar-refractivity contribution in [2.75, 3.05) is 11.4 Å². The van der Waals surface area contributed by atoms with Crippen molar-refractivity contribution in [3.8, 4) is 0 Å². The van der Waals surface area contributed by atoms with Crippen molar-refractivity contribution >= 4 is 11.6 Å². The van der Waals surface area contributed by atoms with Gasteiger partial charge in [-0.2, -0.15) is 0 Å². The van der Waals surface area contributed by atoms with E-state index in [9.17, 15) is 9.59 Å². The summed E-state index contributed by atoms with van der Waals surface area (Å²) in [4.78, 5) is 30.6. The fraction of sp³-hybridized carbons (Fsp3) is 0.353. The molecule has 114 valence electrons. The first-order valence-electron chi connectivity index (χ1n) is 7.51. The van der Waals surface area contributed by atoms with Crippen LogP contribution >= 0.6 is 0 Å². The molecule has 1 aliphatic rings. The zero-order valence-corrected chi connectivity index (χ0v) is 12.8. The summed E-state index contributed by atoms with van der Waals surface area (Å²) in [5.41, 5.74) is 2.70. The van der Waals surface area contributed by atoms with Crippen molar-refractivity contribution in [1.82, 2.24) is 9.55 Å². The van der Waals surface area contributed by atoms with Crippen LogP contribution in [0.5, 0.6) is 0 Å². The van der Waals surface area contributed by atoms with Gasteiger partial charge in [-0.1, -0.05) is 32.0 Å². The molecular weight excluding hydrogens is 278 g/mol. The number of benzene rings is 1. The van der Waals surface area contributed by atoms with E-state index in [1.807, 2.05) is 38.1 Å². The van der Waals surface area contributed by atoms with Gasteiger partial charge in [-0.3, -0.25) is 14.2 Å². The van der Waals surface area contributed by atoms with Crippen LogP contribution in [-0.2, 0) is 17.8 Å². The Morgan fingerprint density at radius 1 is 1.32 bits per heavy atom. The highest BCUT2D eigenvalue weighted by atomic mass is 16.2. The predicted molar refractivity (Wildman–Crippen MR) is 85.1 cm³/mol.